The predicted molar refractivity (Wildman–Crippen MR) is 109 cm³/mol. The van der Waals surface area contributed by atoms with Gasteiger partial charge in [0, 0.05) is 0 Å². The van der Waals surface area contributed by atoms with Crippen LogP contribution < -0.4 is 9.64 Å². The zero-order chi connectivity index (χ0) is 20.4. The molecule has 2 saturated carbocycles. The summed E-state index contributed by atoms with van der Waals surface area (Å²) in [6.45, 7) is 0. The molecule has 1 heterocycles. The fraction of sp³-hybridized carbons (Fsp3) is 0.320. The van der Waals surface area contributed by atoms with Crippen LogP contribution in [0.25, 0.3) is 0 Å². The molecule has 5 nitrogen and oxygen atoms in total. The minimum atomic E-state index is -0.352. The van der Waals surface area contributed by atoms with E-state index in [1.165, 1.54) is 4.90 Å². The highest BCUT2D eigenvalue weighted by Gasteiger charge is 2.67. The van der Waals surface area contributed by atoms with E-state index in [2.05, 4.69) is 12.2 Å². The highest BCUT2D eigenvalue weighted by Crippen LogP contribution is 2.65. The summed E-state index contributed by atoms with van der Waals surface area (Å²) >= 11 is 0. The first kappa shape index (κ1) is 17.6. The largest absolute Gasteiger partial charge is 0.426 e. The number of ether oxygens (including phenoxy) is 1. The van der Waals surface area contributed by atoms with Crippen molar-refractivity contribution in [1.82, 2.24) is 0 Å². The van der Waals surface area contributed by atoms with Crippen molar-refractivity contribution in [3.8, 4) is 5.75 Å². The van der Waals surface area contributed by atoms with Gasteiger partial charge in [0.05, 0.1) is 23.9 Å². The lowest BCUT2D eigenvalue weighted by Crippen LogP contribution is -2.40. The van der Waals surface area contributed by atoms with Crippen molar-refractivity contribution in [3.63, 3.8) is 0 Å². The number of amides is 2. The number of carbonyl (C=O) groups is 3. The maximum Gasteiger partial charge on any atom is 0.315 e. The van der Waals surface area contributed by atoms with Crippen LogP contribution in [0.3, 0.4) is 0 Å². The van der Waals surface area contributed by atoms with Crippen molar-refractivity contribution in [2.24, 2.45) is 35.5 Å². The third-order valence-electron chi connectivity index (χ3n) is 7.18. The van der Waals surface area contributed by atoms with Crippen LogP contribution in [0.5, 0.6) is 5.75 Å². The van der Waals surface area contributed by atoms with Gasteiger partial charge in [-0.3, -0.25) is 19.3 Å². The molecule has 0 radical (unpaired) electrons. The van der Waals surface area contributed by atoms with E-state index in [1.807, 2.05) is 30.3 Å². The number of imide groups is 1. The molecule has 2 bridgehead atoms. The molecule has 2 aromatic carbocycles. The number of esters is 1. The first-order chi connectivity index (χ1) is 14.6. The van der Waals surface area contributed by atoms with Crippen molar-refractivity contribution in [2.75, 3.05) is 4.90 Å². The van der Waals surface area contributed by atoms with Gasteiger partial charge in [0.15, 0.2) is 0 Å². The van der Waals surface area contributed by atoms with Crippen LogP contribution in [0, 0.1) is 35.5 Å². The minimum Gasteiger partial charge on any atom is -0.426 e. The van der Waals surface area contributed by atoms with Gasteiger partial charge in [-0.15, -0.1) is 0 Å². The Morgan fingerprint density at radius 2 is 1.47 bits per heavy atom. The SMILES string of the molecule is O=C(Cc1ccccc1)Oc1ccc(N2C(=O)[C@@H]3[C@H]4C=C[C@@H]([C@@H]5C[C@H]45)[C@H]3C2=O)cc1. The molecule has 5 heteroatoms. The molecule has 4 aliphatic carbocycles. The lowest BCUT2D eigenvalue weighted by atomic mass is 9.63. The second kappa shape index (κ2) is 6.39. The fourth-order valence-electron chi connectivity index (χ4n) is 5.80. The van der Waals surface area contributed by atoms with Gasteiger partial charge in [0.2, 0.25) is 11.8 Å². The van der Waals surface area contributed by atoms with Crippen LogP contribution in [0.2, 0.25) is 0 Å². The maximum absolute atomic E-state index is 13.2. The summed E-state index contributed by atoms with van der Waals surface area (Å²) in [5.41, 5.74) is 1.44. The smallest absolute Gasteiger partial charge is 0.315 e. The van der Waals surface area contributed by atoms with E-state index in [9.17, 15) is 14.4 Å². The molecule has 3 fully saturated rings. The molecule has 0 spiro atoms. The van der Waals surface area contributed by atoms with Gasteiger partial charge in [-0.25, -0.2) is 0 Å². The zero-order valence-corrected chi connectivity index (χ0v) is 16.3. The number of hydrogen-bond donors (Lipinski definition) is 0. The minimum absolute atomic E-state index is 0.0801. The average molecular weight is 399 g/mol. The Bertz CT molecular complexity index is 1040. The van der Waals surface area contributed by atoms with E-state index in [0.717, 1.165) is 12.0 Å². The van der Waals surface area contributed by atoms with Crippen LogP contribution in [-0.2, 0) is 20.8 Å². The van der Waals surface area contributed by atoms with Crippen LogP contribution in [0.1, 0.15) is 12.0 Å². The molecule has 1 saturated heterocycles. The van der Waals surface area contributed by atoms with Crippen molar-refractivity contribution in [3.05, 3.63) is 72.3 Å². The van der Waals surface area contributed by atoms with Crippen LogP contribution in [-0.4, -0.2) is 17.8 Å². The molecule has 150 valence electrons. The summed E-state index contributed by atoms with van der Waals surface area (Å²) in [6, 6.07) is 16.1. The van der Waals surface area contributed by atoms with Gasteiger partial charge in [0.25, 0.3) is 0 Å². The summed E-state index contributed by atoms with van der Waals surface area (Å²) in [4.78, 5) is 39.8. The Labute approximate surface area is 174 Å². The van der Waals surface area contributed by atoms with Crippen molar-refractivity contribution >= 4 is 23.5 Å². The highest BCUT2D eigenvalue weighted by molar-refractivity contribution is 6.22. The molecule has 6 atom stereocenters. The number of anilines is 1. The number of allylic oxidation sites excluding steroid dienone is 2. The van der Waals surface area contributed by atoms with E-state index in [0.29, 0.717) is 23.3 Å². The molecule has 7 rings (SSSR count). The first-order valence-corrected chi connectivity index (χ1v) is 10.5. The molecule has 5 aliphatic rings. The highest BCUT2D eigenvalue weighted by atomic mass is 16.5. The number of nitrogens with zero attached hydrogens (tertiary/aromatic N) is 1. The monoisotopic (exact) mass is 399 g/mol. The summed E-state index contributed by atoms with van der Waals surface area (Å²) in [7, 11) is 0. The molecule has 0 N–H and O–H groups in total. The van der Waals surface area contributed by atoms with E-state index in [-0.39, 0.29) is 47.9 Å². The summed E-state index contributed by atoms with van der Waals surface area (Å²) in [6.07, 6.45) is 5.68. The van der Waals surface area contributed by atoms with E-state index < -0.39 is 0 Å². The zero-order valence-electron chi connectivity index (χ0n) is 16.3. The first-order valence-electron chi connectivity index (χ1n) is 10.5. The average Bonchev–Trinajstić information content (AvgIpc) is 3.53. The Morgan fingerprint density at radius 3 is 2.07 bits per heavy atom. The van der Waals surface area contributed by atoms with Crippen molar-refractivity contribution in [1.29, 1.82) is 0 Å². The van der Waals surface area contributed by atoms with E-state index in [4.69, 9.17) is 4.74 Å². The van der Waals surface area contributed by atoms with Crippen molar-refractivity contribution < 1.29 is 19.1 Å². The third kappa shape index (κ3) is 2.58. The van der Waals surface area contributed by atoms with Gasteiger partial charge >= 0.3 is 5.97 Å². The predicted octanol–water partition coefficient (Wildman–Crippen LogP) is 3.39. The van der Waals surface area contributed by atoms with Gasteiger partial charge in [0.1, 0.15) is 5.75 Å². The lowest BCUT2D eigenvalue weighted by molar-refractivity contribution is -0.133. The van der Waals surface area contributed by atoms with Gasteiger partial charge in [-0.05, 0) is 59.9 Å². The third-order valence-corrected chi connectivity index (χ3v) is 7.18. The van der Waals surface area contributed by atoms with Crippen LogP contribution in [0.15, 0.2) is 66.7 Å². The number of carbonyl (C=O) groups excluding carboxylic acids is 3. The van der Waals surface area contributed by atoms with Crippen LogP contribution in [0.4, 0.5) is 5.69 Å². The van der Waals surface area contributed by atoms with Crippen molar-refractivity contribution in [2.45, 2.75) is 12.8 Å². The van der Waals surface area contributed by atoms with E-state index >= 15 is 0 Å². The second-order valence-corrected chi connectivity index (χ2v) is 8.80. The number of rotatable bonds is 4. The molecule has 0 aromatic heterocycles. The number of benzene rings is 2. The Kier molecular flexibility index (Phi) is 3.76. The summed E-state index contributed by atoms with van der Waals surface area (Å²) in [5.74, 6) is 1.07. The quantitative estimate of drug-likeness (QED) is 0.342. The Balaban J connectivity index is 1.18. The molecule has 2 amide bonds. The molecule has 2 aromatic rings. The Hall–Kier alpha value is -3.21. The molecule has 0 unspecified atom stereocenters. The summed E-state index contributed by atoms with van der Waals surface area (Å²) in [5, 5.41) is 0. The summed E-state index contributed by atoms with van der Waals surface area (Å²) < 4.78 is 5.41. The molecular formula is C25H21NO4. The molecule has 1 aliphatic heterocycles. The Morgan fingerprint density at radius 1 is 0.867 bits per heavy atom. The second-order valence-electron chi connectivity index (χ2n) is 8.80. The fourth-order valence-corrected chi connectivity index (χ4v) is 5.80. The number of hydrogen-bond acceptors (Lipinski definition) is 4. The lowest BCUT2D eigenvalue weighted by Gasteiger charge is -2.37. The topological polar surface area (TPSA) is 63.7 Å². The van der Waals surface area contributed by atoms with Gasteiger partial charge in [-0.1, -0.05) is 42.5 Å². The standard InChI is InChI=1S/C25H21NO4/c27-21(12-14-4-2-1-3-5-14)30-16-8-6-15(7-9-16)26-24(28)22-17-10-11-18(20-13-19(17)20)23(22)25(26)29/h1-11,17-20,22-23H,12-13H2/t17-,18-,19-,20+,22+,23+/m0/s1. The van der Waals surface area contributed by atoms with Gasteiger partial charge in [-0.2, -0.15) is 0 Å². The van der Waals surface area contributed by atoms with Crippen LogP contribution >= 0.6 is 0 Å². The van der Waals surface area contributed by atoms with E-state index in [1.54, 1.807) is 24.3 Å². The molecule has 30 heavy (non-hydrogen) atoms. The maximum atomic E-state index is 13.2. The molecular weight excluding hydrogens is 378 g/mol. The normalized spacial score (nSPS) is 32.7. The van der Waals surface area contributed by atoms with Gasteiger partial charge < -0.3 is 4.74 Å².